The van der Waals surface area contributed by atoms with Gasteiger partial charge in [-0.05, 0) is 32.1 Å². The Kier molecular flexibility index (Phi) is 9.52. The number of ketones is 1. The number of amides is 4. The molecule has 2 aliphatic carbocycles. The van der Waals surface area contributed by atoms with Crippen LogP contribution in [0.3, 0.4) is 0 Å². The Balaban J connectivity index is 1.68. The zero-order valence-corrected chi connectivity index (χ0v) is 20.0. The number of rotatable bonds is 9. The summed E-state index contributed by atoms with van der Waals surface area (Å²) in [6.07, 6.45) is 9.58. The van der Waals surface area contributed by atoms with Crippen LogP contribution in [0.1, 0.15) is 84.0 Å². The Morgan fingerprint density at radius 3 is 2.30 bits per heavy atom. The molecule has 2 saturated carbocycles. The molecule has 0 spiro atoms. The summed E-state index contributed by atoms with van der Waals surface area (Å²) in [4.78, 5) is 53.7. The fraction of sp³-hybridized carbons (Fsp3) is 0.833. The third kappa shape index (κ3) is 6.91. The topological polar surface area (TPSA) is 117 Å². The molecular formula is C24H40N4O5. The summed E-state index contributed by atoms with van der Waals surface area (Å²) in [5.74, 6) is -1.56. The molecule has 0 bridgehead atoms. The lowest BCUT2D eigenvalue weighted by Crippen LogP contribution is -2.64. The van der Waals surface area contributed by atoms with Crippen LogP contribution in [0.2, 0.25) is 0 Å². The Morgan fingerprint density at radius 1 is 1.00 bits per heavy atom. The van der Waals surface area contributed by atoms with E-state index in [9.17, 15) is 19.2 Å². The molecule has 1 heterocycles. The zero-order chi connectivity index (χ0) is 23.7. The number of morpholine rings is 1. The molecular weight excluding hydrogens is 424 g/mol. The van der Waals surface area contributed by atoms with Crippen LogP contribution >= 0.6 is 0 Å². The van der Waals surface area contributed by atoms with Crippen LogP contribution in [0, 0.1) is 0 Å². The van der Waals surface area contributed by atoms with Gasteiger partial charge in [0.25, 0.3) is 5.91 Å². The summed E-state index contributed by atoms with van der Waals surface area (Å²) in [7, 11) is 0. The van der Waals surface area contributed by atoms with Crippen molar-refractivity contribution in [2.75, 3.05) is 26.3 Å². The van der Waals surface area contributed by atoms with Gasteiger partial charge >= 0.3 is 6.03 Å². The molecule has 1 saturated heterocycles. The highest BCUT2D eigenvalue weighted by Gasteiger charge is 2.43. The van der Waals surface area contributed by atoms with E-state index in [-0.39, 0.29) is 18.0 Å². The van der Waals surface area contributed by atoms with Gasteiger partial charge in [-0.25, -0.2) is 4.79 Å². The van der Waals surface area contributed by atoms with Crippen molar-refractivity contribution in [2.24, 2.45) is 0 Å². The van der Waals surface area contributed by atoms with Gasteiger partial charge in [-0.1, -0.05) is 51.9 Å². The molecule has 1 unspecified atom stereocenters. The third-order valence-corrected chi connectivity index (χ3v) is 7.17. The molecule has 33 heavy (non-hydrogen) atoms. The lowest BCUT2D eigenvalue weighted by Gasteiger charge is -2.39. The number of urea groups is 1. The van der Waals surface area contributed by atoms with Gasteiger partial charge in [0, 0.05) is 19.1 Å². The lowest BCUT2D eigenvalue weighted by molar-refractivity contribution is -0.141. The normalized spacial score (nSPS) is 21.8. The number of Topliss-reactive ketones (excluding diaryl/α,β-unsaturated/α-hetero) is 1. The molecule has 0 aromatic rings. The Morgan fingerprint density at radius 2 is 1.67 bits per heavy atom. The molecule has 186 valence electrons. The number of ether oxygens (including phenoxy) is 1. The lowest BCUT2D eigenvalue weighted by atomic mass is 9.80. The molecule has 4 amide bonds. The number of carbonyl (C=O) groups excluding carboxylic acids is 4. The summed E-state index contributed by atoms with van der Waals surface area (Å²) in [6, 6.07) is -1.11. The van der Waals surface area contributed by atoms with Crippen LogP contribution in [-0.2, 0) is 19.1 Å². The number of nitrogens with one attached hydrogen (secondary N) is 3. The number of unbranched alkanes of at least 4 members (excludes halogenated alkanes) is 1. The van der Waals surface area contributed by atoms with E-state index in [2.05, 4.69) is 16.0 Å². The fourth-order valence-electron chi connectivity index (χ4n) is 5.07. The average molecular weight is 465 g/mol. The quantitative estimate of drug-likeness (QED) is 0.452. The minimum absolute atomic E-state index is 0.0430. The largest absolute Gasteiger partial charge is 0.378 e. The predicted octanol–water partition coefficient (Wildman–Crippen LogP) is 2.03. The van der Waals surface area contributed by atoms with Crippen molar-refractivity contribution >= 4 is 23.6 Å². The molecule has 3 fully saturated rings. The molecule has 0 aromatic heterocycles. The number of carbonyl (C=O) groups is 4. The van der Waals surface area contributed by atoms with Gasteiger partial charge < -0.3 is 25.6 Å². The van der Waals surface area contributed by atoms with Crippen LogP contribution in [0.5, 0.6) is 0 Å². The van der Waals surface area contributed by atoms with Crippen molar-refractivity contribution in [1.82, 2.24) is 20.9 Å². The second kappa shape index (κ2) is 12.3. The highest BCUT2D eigenvalue weighted by atomic mass is 16.5. The Hall–Kier alpha value is -2.16. The minimum atomic E-state index is -1.06. The monoisotopic (exact) mass is 464 g/mol. The van der Waals surface area contributed by atoms with E-state index in [0.29, 0.717) is 45.6 Å². The van der Waals surface area contributed by atoms with Crippen molar-refractivity contribution in [3.05, 3.63) is 0 Å². The van der Waals surface area contributed by atoms with Gasteiger partial charge in [0.2, 0.25) is 11.7 Å². The second-order valence-corrected chi connectivity index (χ2v) is 9.66. The van der Waals surface area contributed by atoms with Gasteiger partial charge in [0.15, 0.2) is 0 Å². The Labute approximate surface area is 196 Å². The molecule has 0 aromatic carbocycles. The standard InChI is InChI=1S/C24H40N4O5/c1-2-3-11-19(20(29)21(30)25-18-9-5-6-10-18)26-22(31)24(12-7-4-8-13-24)27-23(32)28-14-16-33-17-15-28/h18-19H,2-17H2,1H3,(H,25,30)(H,26,31)(H,27,32). The van der Waals surface area contributed by atoms with E-state index < -0.39 is 23.3 Å². The smallest absolute Gasteiger partial charge is 0.318 e. The van der Waals surface area contributed by atoms with Crippen LogP contribution in [0.4, 0.5) is 4.79 Å². The molecule has 3 N–H and O–H groups in total. The first-order valence-electron chi connectivity index (χ1n) is 12.8. The van der Waals surface area contributed by atoms with Gasteiger partial charge in [-0.3, -0.25) is 14.4 Å². The average Bonchev–Trinajstić information content (AvgIpc) is 3.35. The maximum Gasteiger partial charge on any atom is 0.318 e. The van der Waals surface area contributed by atoms with Gasteiger partial charge in [0.05, 0.1) is 19.3 Å². The molecule has 3 rings (SSSR count). The molecule has 1 aliphatic heterocycles. The van der Waals surface area contributed by atoms with E-state index >= 15 is 0 Å². The third-order valence-electron chi connectivity index (χ3n) is 7.17. The van der Waals surface area contributed by atoms with Crippen LogP contribution in [0.25, 0.3) is 0 Å². The molecule has 3 aliphatic rings. The highest BCUT2D eigenvalue weighted by molar-refractivity contribution is 6.38. The molecule has 1 atom stereocenters. The van der Waals surface area contributed by atoms with Crippen molar-refractivity contribution in [3.8, 4) is 0 Å². The summed E-state index contributed by atoms with van der Waals surface area (Å²) < 4.78 is 5.32. The Bertz CT molecular complexity index is 695. The SMILES string of the molecule is CCCCC(NC(=O)C1(NC(=O)N2CCOCC2)CCCCC1)C(=O)C(=O)NC1CCCC1. The molecule has 9 heteroatoms. The summed E-state index contributed by atoms with van der Waals surface area (Å²) in [5.41, 5.74) is -1.06. The molecule has 0 radical (unpaired) electrons. The van der Waals surface area contributed by atoms with E-state index in [1.807, 2.05) is 6.92 Å². The van der Waals surface area contributed by atoms with Gasteiger partial charge in [-0.2, -0.15) is 0 Å². The first-order chi connectivity index (χ1) is 15.9. The second-order valence-electron chi connectivity index (χ2n) is 9.66. The first-order valence-corrected chi connectivity index (χ1v) is 12.8. The van der Waals surface area contributed by atoms with E-state index in [1.165, 1.54) is 0 Å². The highest BCUT2D eigenvalue weighted by Crippen LogP contribution is 2.29. The summed E-state index contributed by atoms with van der Waals surface area (Å²) in [6.45, 7) is 3.95. The first kappa shape index (κ1) is 25.5. The van der Waals surface area contributed by atoms with Crippen LogP contribution in [0.15, 0.2) is 0 Å². The van der Waals surface area contributed by atoms with E-state index in [4.69, 9.17) is 4.74 Å². The van der Waals surface area contributed by atoms with Crippen molar-refractivity contribution in [3.63, 3.8) is 0 Å². The molecule has 9 nitrogen and oxygen atoms in total. The summed E-state index contributed by atoms with van der Waals surface area (Å²) in [5, 5.41) is 8.71. The van der Waals surface area contributed by atoms with Crippen molar-refractivity contribution < 1.29 is 23.9 Å². The number of hydrogen-bond donors (Lipinski definition) is 3. The van der Waals surface area contributed by atoms with Crippen molar-refractivity contribution in [2.45, 2.75) is 102 Å². The number of hydrogen-bond acceptors (Lipinski definition) is 5. The maximum atomic E-state index is 13.5. The van der Waals surface area contributed by atoms with Crippen molar-refractivity contribution in [1.29, 1.82) is 0 Å². The van der Waals surface area contributed by atoms with Crippen LogP contribution in [-0.4, -0.2) is 72.5 Å². The maximum absolute atomic E-state index is 13.5. The number of nitrogens with zero attached hydrogens (tertiary/aromatic N) is 1. The van der Waals surface area contributed by atoms with Gasteiger partial charge in [0.1, 0.15) is 5.54 Å². The van der Waals surface area contributed by atoms with Crippen LogP contribution < -0.4 is 16.0 Å². The minimum Gasteiger partial charge on any atom is -0.378 e. The van der Waals surface area contributed by atoms with E-state index in [1.54, 1.807) is 4.90 Å². The summed E-state index contributed by atoms with van der Waals surface area (Å²) >= 11 is 0. The fourth-order valence-corrected chi connectivity index (χ4v) is 5.07. The van der Waals surface area contributed by atoms with Gasteiger partial charge in [-0.15, -0.1) is 0 Å². The van der Waals surface area contributed by atoms with E-state index in [0.717, 1.165) is 57.8 Å². The predicted molar refractivity (Wildman–Crippen MR) is 124 cm³/mol. The zero-order valence-electron chi connectivity index (χ0n) is 20.0.